The highest BCUT2D eigenvalue weighted by Crippen LogP contribution is 2.22. The minimum atomic E-state index is -0.187. The molecule has 7 heteroatoms. The molecule has 3 rings (SSSR count). The van der Waals surface area contributed by atoms with Gasteiger partial charge < -0.3 is 10.6 Å². The summed E-state index contributed by atoms with van der Waals surface area (Å²) in [7, 11) is 0. The van der Waals surface area contributed by atoms with Crippen molar-refractivity contribution in [3.63, 3.8) is 0 Å². The van der Waals surface area contributed by atoms with Gasteiger partial charge in [0, 0.05) is 31.1 Å². The van der Waals surface area contributed by atoms with Crippen LogP contribution >= 0.6 is 11.3 Å². The van der Waals surface area contributed by atoms with E-state index in [-0.39, 0.29) is 11.8 Å². The highest BCUT2D eigenvalue weighted by atomic mass is 32.1. The molecule has 6 nitrogen and oxygen atoms in total. The van der Waals surface area contributed by atoms with E-state index in [1.54, 1.807) is 35.6 Å². The molecule has 0 radical (unpaired) electrons. The number of hydrogen-bond donors (Lipinski definition) is 2. The smallest absolute Gasteiger partial charge is 0.261 e. The lowest BCUT2D eigenvalue weighted by Gasteiger charge is -2.13. The fraction of sp³-hybridized carbons (Fsp3) is 0.381. The number of amides is 2. The van der Waals surface area contributed by atoms with Gasteiger partial charge in [-0.15, -0.1) is 11.3 Å². The van der Waals surface area contributed by atoms with E-state index in [9.17, 15) is 9.59 Å². The van der Waals surface area contributed by atoms with Crippen LogP contribution in [0.3, 0.4) is 0 Å². The average Bonchev–Trinajstić information content (AvgIpc) is 3.30. The first-order valence-corrected chi connectivity index (χ1v) is 10.6. The molecule has 0 unspecified atom stereocenters. The number of guanidine groups is 1. The normalized spacial score (nSPS) is 13.8. The molecule has 0 spiro atoms. The number of carbonyl (C=O) groups excluding carboxylic acids is 2. The van der Waals surface area contributed by atoms with Crippen LogP contribution in [-0.4, -0.2) is 48.9 Å². The number of fused-ring (bicyclic) bond motifs is 1. The number of carbonyl (C=O) groups is 2. The molecule has 0 atom stereocenters. The summed E-state index contributed by atoms with van der Waals surface area (Å²) in [6.45, 7) is 4.77. The van der Waals surface area contributed by atoms with Crippen LogP contribution in [0.15, 0.2) is 46.8 Å². The third-order valence-electron chi connectivity index (χ3n) is 4.53. The Morgan fingerprint density at radius 1 is 1.04 bits per heavy atom. The van der Waals surface area contributed by atoms with E-state index in [1.165, 1.54) is 9.78 Å². The van der Waals surface area contributed by atoms with Crippen LogP contribution in [0.25, 0.3) is 0 Å². The Morgan fingerprint density at radius 2 is 1.79 bits per heavy atom. The first-order chi connectivity index (χ1) is 13.7. The van der Waals surface area contributed by atoms with Gasteiger partial charge in [0.2, 0.25) is 0 Å². The molecule has 0 bridgehead atoms. The van der Waals surface area contributed by atoms with Gasteiger partial charge in [0.15, 0.2) is 5.96 Å². The zero-order valence-corrected chi connectivity index (χ0v) is 16.9. The molecule has 28 heavy (non-hydrogen) atoms. The van der Waals surface area contributed by atoms with E-state index < -0.39 is 0 Å². The van der Waals surface area contributed by atoms with Crippen LogP contribution in [0.4, 0.5) is 0 Å². The molecule has 0 saturated heterocycles. The van der Waals surface area contributed by atoms with Crippen LogP contribution < -0.4 is 10.6 Å². The number of nitrogens with one attached hydrogen (secondary N) is 2. The van der Waals surface area contributed by atoms with Crippen molar-refractivity contribution < 1.29 is 9.59 Å². The third-order valence-corrected chi connectivity index (χ3v) is 5.46. The molecular weight excluding hydrogens is 372 g/mol. The van der Waals surface area contributed by atoms with Gasteiger partial charge in [0.05, 0.1) is 11.1 Å². The maximum absolute atomic E-state index is 12.3. The van der Waals surface area contributed by atoms with Gasteiger partial charge in [-0.3, -0.25) is 19.5 Å². The van der Waals surface area contributed by atoms with Gasteiger partial charge in [-0.1, -0.05) is 18.2 Å². The molecule has 2 N–H and O–H groups in total. The van der Waals surface area contributed by atoms with E-state index in [2.05, 4.69) is 33.1 Å². The summed E-state index contributed by atoms with van der Waals surface area (Å²) in [5.41, 5.74) is 1.02. The standard InChI is InChI=1S/C21H26N4O2S/c1-2-22-21(24-13-11-16-8-7-15-28-16)23-12-5-6-14-25-19(26)17-9-3-4-10-18(17)20(25)27/h3-4,7-10,15H,2,5-6,11-14H2,1H3,(H2,22,23,24). The number of aliphatic imine (C=N–C) groups is 1. The number of hydrogen-bond acceptors (Lipinski definition) is 4. The Bertz CT molecular complexity index is 798. The second-order valence-electron chi connectivity index (χ2n) is 6.53. The number of benzene rings is 1. The summed E-state index contributed by atoms with van der Waals surface area (Å²) in [5, 5.41) is 8.67. The topological polar surface area (TPSA) is 73.8 Å². The van der Waals surface area contributed by atoms with Crippen LogP contribution in [-0.2, 0) is 6.42 Å². The molecule has 2 heterocycles. The molecule has 2 amide bonds. The first-order valence-electron chi connectivity index (χ1n) is 9.70. The lowest BCUT2D eigenvalue weighted by Crippen LogP contribution is -2.38. The first kappa shape index (κ1) is 20.1. The monoisotopic (exact) mass is 398 g/mol. The second kappa shape index (κ2) is 10.0. The highest BCUT2D eigenvalue weighted by molar-refractivity contribution is 7.09. The van der Waals surface area contributed by atoms with Crippen molar-refractivity contribution in [2.75, 3.05) is 26.2 Å². The average molecular weight is 399 g/mol. The van der Waals surface area contributed by atoms with Crippen molar-refractivity contribution in [1.29, 1.82) is 0 Å². The summed E-state index contributed by atoms with van der Waals surface area (Å²) in [5.74, 6) is 0.431. The Labute approximate surface area is 169 Å². The van der Waals surface area contributed by atoms with Gasteiger partial charge in [-0.2, -0.15) is 0 Å². The fourth-order valence-electron chi connectivity index (χ4n) is 3.12. The summed E-state index contributed by atoms with van der Waals surface area (Å²) >= 11 is 1.76. The highest BCUT2D eigenvalue weighted by Gasteiger charge is 2.34. The fourth-order valence-corrected chi connectivity index (χ4v) is 3.82. The number of thiophene rings is 1. The van der Waals surface area contributed by atoms with Gasteiger partial charge in [-0.25, -0.2) is 0 Å². The predicted octanol–water partition coefficient (Wildman–Crippen LogP) is 2.92. The van der Waals surface area contributed by atoms with Gasteiger partial charge in [0.25, 0.3) is 11.8 Å². The van der Waals surface area contributed by atoms with E-state index in [1.807, 2.05) is 6.92 Å². The SMILES string of the molecule is CCNC(=NCCCCN1C(=O)c2ccccc2C1=O)NCCc1cccs1. The summed E-state index contributed by atoms with van der Waals surface area (Å²) in [6.07, 6.45) is 2.53. The summed E-state index contributed by atoms with van der Waals surface area (Å²) in [6, 6.07) is 11.2. The molecule has 148 valence electrons. The molecule has 0 fully saturated rings. The van der Waals surface area contributed by atoms with Crippen molar-refractivity contribution in [3.8, 4) is 0 Å². The number of unbranched alkanes of at least 4 members (excludes halogenated alkanes) is 1. The van der Waals surface area contributed by atoms with Gasteiger partial charge in [0.1, 0.15) is 0 Å². The number of rotatable bonds is 9. The van der Waals surface area contributed by atoms with E-state index in [0.29, 0.717) is 24.2 Å². The minimum Gasteiger partial charge on any atom is -0.357 e. The second-order valence-corrected chi connectivity index (χ2v) is 7.56. The number of imide groups is 1. The van der Waals surface area contributed by atoms with Crippen molar-refractivity contribution in [2.45, 2.75) is 26.2 Å². The maximum Gasteiger partial charge on any atom is 0.261 e. The Hall–Kier alpha value is -2.67. The number of nitrogens with zero attached hydrogens (tertiary/aromatic N) is 2. The van der Waals surface area contributed by atoms with Crippen molar-refractivity contribution in [2.24, 2.45) is 4.99 Å². The molecule has 0 saturated carbocycles. The zero-order chi connectivity index (χ0) is 19.8. The summed E-state index contributed by atoms with van der Waals surface area (Å²) in [4.78, 5) is 32.0. The molecule has 2 aromatic rings. The van der Waals surface area contributed by atoms with Crippen LogP contribution in [0.2, 0.25) is 0 Å². The lowest BCUT2D eigenvalue weighted by atomic mass is 10.1. The minimum absolute atomic E-state index is 0.187. The largest absolute Gasteiger partial charge is 0.357 e. The van der Waals surface area contributed by atoms with E-state index >= 15 is 0 Å². The van der Waals surface area contributed by atoms with Crippen molar-refractivity contribution in [3.05, 3.63) is 57.8 Å². The van der Waals surface area contributed by atoms with Crippen molar-refractivity contribution >= 4 is 29.1 Å². The van der Waals surface area contributed by atoms with Gasteiger partial charge >= 0.3 is 0 Å². The van der Waals surface area contributed by atoms with E-state index in [0.717, 1.165) is 38.3 Å². The van der Waals surface area contributed by atoms with Gasteiger partial charge in [-0.05, 0) is 49.8 Å². The summed E-state index contributed by atoms with van der Waals surface area (Å²) < 4.78 is 0. The van der Waals surface area contributed by atoms with Crippen LogP contribution in [0, 0.1) is 0 Å². The molecule has 0 aliphatic carbocycles. The Kier molecular flexibility index (Phi) is 7.19. The van der Waals surface area contributed by atoms with Crippen molar-refractivity contribution in [1.82, 2.24) is 15.5 Å². The van der Waals surface area contributed by atoms with Crippen LogP contribution in [0.5, 0.6) is 0 Å². The Balaban J connectivity index is 1.41. The molecule has 1 aromatic carbocycles. The Morgan fingerprint density at radius 3 is 2.43 bits per heavy atom. The van der Waals surface area contributed by atoms with E-state index in [4.69, 9.17) is 0 Å². The predicted molar refractivity (Wildman–Crippen MR) is 113 cm³/mol. The maximum atomic E-state index is 12.3. The molecule has 1 aliphatic rings. The lowest BCUT2D eigenvalue weighted by molar-refractivity contribution is 0.0652. The third kappa shape index (κ3) is 4.98. The zero-order valence-electron chi connectivity index (χ0n) is 16.1. The molecule has 1 aliphatic heterocycles. The molecular formula is C21H26N4O2S. The van der Waals surface area contributed by atoms with Crippen LogP contribution in [0.1, 0.15) is 45.4 Å². The molecule has 1 aromatic heterocycles. The quantitative estimate of drug-likeness (QED) is 0.295.